The minimum absolute atomic E-state index is 0. The van der Waals surface area contributed by atoms with E-state index in [9.17, 15) is 4.79 Å². The molecular weight excluding hydrogens is 450 g/mol. The number of carbonyl (C=O) groups is 1. The molecule has 0 amide bonds. The first-order valence-electron chi connectivity index (χ1n) is 3.03. The van der Waals surface area contributed by atoms with Crippen LogP contribution in [0.2, 0.25) is 0 Å². The van der Waals surface area contributed by atoms with Crippen LogP contribution in [0.25, 0.3) is 0 Å². The van der Waals surface area contributed by atoms with E-state index < -0.39 is 35.6 Å². The summed E-state index contributed by atoms with van der Waals surface area (Å²) >= 11 is -3.65. The topological polar surface area (TPSA) is 241 Å². The summed E-state index contributed by atoms with van der Waals surface area (Å²) in [4.78, 5) is 9.44. The van der Waals surface area contributed by atoms with Gasteiger partial charge in [0.05, 0.1) is 0 Å². The number of hydrogen-bond donors (Lipinski definition) is 2. The maximum atomic E-state index is 9.44. The average Bonchev–Trinajstić information content (AvgIpc) is 1.70. The Labute approximate surface area is 153 Å². The Balaban J connectivity index is -0.0000000318. The smallest absolute Gasteiger partial charge is 0.759 e. The minimum Gasteiger partial charge on any atom is -0.759 e. The molecule has 0 fully saturated rings. The van der Waals surface area contributed by atoms with Crippen LogP contribution in [0.5, 0.6) is 0 Å². The van der Waals surface area contributed by atoms with Gasteiger partial charge in [0, 0.05) is 10.4 Å². The summed E-state index contributed by atoms with van der Waals surface area (Å²) < 4.78 is 91.2. The van der Waals surface area contributed by atoms with Gasteiger partial charge in [0.15, 0.2) is 0 Å². The predicted octanol–water partition coefficient (Wildman–Crippen LogP) is -7.96. The fraction of sp³-hybridized carbons (Fsp3) is 0.667. The summed E-state index contributed by atoms with van der Waals surface area (Å²) in [6, 6.07) is 0. The Bertz CT molecular complexity index is 338. The molecule has 0 atom stereocenters. The zero-order chi connectivity index (χ0) is 16.2. The Hall–Kier alpha value is 1.29. The van der Waals surface area contributed by atoms with E-state index in [1.165, 1.54) is 13.8 Å². The van der Waals surface area contributed by atoms with E-state index in [2.05, 4.69) is 0 Å². The van der Waals surface area contributed by atoms with Gasteiger partial charge in [0.25, 0.3) is 0 Å². The molecule has 119 valence electrons. The number of halogens is 1. The molecule has 0 aromatic rings. The molecule has 12 nitrogen and oxygen atoms in total. The summed E-state index contributed by atoms with van der Waals surface area (Å²) in [6.45, 7) is 3.06. The van der Waals surface area contributed by atoms with Crippen LogP contribution in [0.3, 0.4) is 0 Å². The third-order valence-electron chi connectivity index (χ3n) is 0. The standard InChI is InChI=1S/C3H6O.BrO3.Mn.Na.2H2O4S/c1-3(2)4;2-1(3)4;;;2*1-5(2,3)4/h1-2H3;;;;2*(H2,1,2,3,4)/q;-1;+2;+1;;/p-2. The molecule has 0 heterocycles. The SMILES string of the molecule is CC(C)=O.O=S(=O)(O)O.O=S(=O)([O-])[O-].[Mn+2].[Na+].[O-][Br+2]([O-])[O-]. The Morgan fingerprint density at radius 1 is 0.950 bits per heavy atom. The van der Waals surface area contributed by atoms with Gasteiger partial charge in [-0.15, -0.1) is 0 Å². The summed E-state index contributed by atoms with van der Waals surface area (Å²) in [5.41, 5.74) is 0. The average molecular weight is 458 g/mol. The van der Waals surface area contributed by atoms with Crippen molar-refractivity contribution in [1.82, 2.24) is 0 Å². The minimum atomic E-state index is -5.17. The number of rotatable bonds is 0. The van der Waals surface area contributed by atoms with Crippen molar-refractivity contribution in [3.8, 4) is 0 Å². The molecule has 2 N–H and O–H groups in total. The van der Waals surface area contributed by atoms with Gasteiger partial charge in [-0.2, -0.15) is 8.42 Å². The molecule has 0 aliphatic carbocycles. The molecule has 17 heteroatoms. The van der Waals surface area contributed by atoms with Crippen LogP contribution in [0.4, 0.5) is 0 Å². The van der Waals surface area contributed by atoms with Crippen molar-refractivity contribution in [3.63, 3.8) is 0 Å². The van der Waals surface area contributed by atoms with Crippen LogP contribution in [-0.2, 0) is 42.7 Å². The van der Waals surface area contributed by atoms with Gasteiger partial charge in [-0.3, -0.25) is 17.5 Å². The summed E-state index contributed by atoms with van der Waals surface area (Å²) in [6.07, 6.45) is 0. The molecule has 0 aliphatic heterocycles. The van der Waals surface area contributed by atoms with Crippen LogP contribution in [0, 0.1) is 14.8 Å². The van der Waals surface area contributed by atoms with E-state index in [-0.39, 0.29) is 52.4 Å². The van der Waals surface area contributed by atoms with Crippen molar-refractivity contribution in [1.29, 1.82) is 0 Å². The van der Waals surface area contributed by atoms with Crippen LogP contribution in [0.1, 0.15) is 13.8 Å². The summed E-state index contributed by atoms with van der Waals surface area (Å²) in [5.74, 6) is 0.167. The molecule has 0 aromatic carbocycles. The number of carbonyl (C=O) groups excluding carboxylic acids is 1. The maximum absolute atomic E-state index is 9.44. The van der Waals surface area contributed by atoms with Gasteiger partial charge in [0.1, 0.15) is 5.78 Å². The molecule has 0 bridgehead atoms. The van der Waals surface area contributed by atoms with E-state index in [0.29, 0.717) is 0 Å². The molecule has 0 aliphatic rings. The first-order chi connectivity index (χ1) is 7.46. The quantitative estimate of drug-likeness (QED) is 0.195. The maximum Gasteiger partial charge on any atom is 2.00 e. The zero-order valence-electron chi connectivity index (χ0n) is 10.0. The van der Waals surface area contributed by atoms with Gasteiger partial charge in [-0.05, 0) is 13.8 Å². The second kappa shape index (κ2) is 20.3. The second-order valence-corrected chi connectivity index (χ2v) is 4.46. The predicted molar refractivity (Wildman–Crippen MR) is 41.0 cm³/mol. The van der Waals surface area contributed by atoms with Crippen LogP contribution < -0.4 is 42.2 Å². The van der Waals surface area contributed by atoms with Crippen molar-refractivity contribution in [2.24, 2.45) is 0 Å². The summed E-state index contributed by atoms with van der Waals surface area (Å²) in [5, 5.41) is 0. The Morgan fingerprint density at radius 2 is 0.950 bits per heavy atom. The third kappa shape index (κ3) is 3880. The van der Waals surface area contributed by atoms with Gasteiger partial charge in [-0.25, -0.2) is 0 Å². The van der Waals surface area contributed by atoms with E-state index in [1.54, 1.807) is 0 Å². The van der Waals surface area contributed by atoms with Gasteiger partial charge in [-0.1, -0.05) is 0 Å². The van der Waals surface area contributed by atoms with Gasteiger partial charge < -0.3 is 26.5 Å². The normalized spacial score (nSPS) is 8.90. The van der Waals surface area contributed by atoms with E-state index in [1.807, 2.05) is 0 Å². The molecule has 0 spiro atoms. The fourth-order valence-corrected chi connectivity index (χ4v) is 0. The van der Waals surface area contributed by atoms with Gasteiger partial charge >= 0.3 is 57.0 Å². The third-order valence-corrected chi connectivity index (χ3v) is 0. The monoisotopic (exact) mass is 457 g/mol. The van der Waals surface area contributed by atoms with Crippen molar-refractivity contribution >= 4 is 26.6 Å². The van der Waals surface area contributed by atoms with Gasteiger partial charge in [0.2, 0.25) is 14.8 Å². The largest absolute Gasteiger partial charge is 2.00 e. The summed E-state index contributed by atoms with van der Waals surface area (Å²) in [7, 11) is -9.83. The number of Topliss-reactive ketones (excluding diaryl/α,β-unsaturated/α-hetero) is 1. The second-order valence-electron chi connectivity index (χ2n) is 1.95. The van der Waals surface area contributed by atoms with Crippen molar-refractivity contribution < 1.29 is 114 Å². The van der Waals surface area contributed by atoms with Crippen LogP contribution in [-0.4, -0.2) is 40.8 Å². The van der Waals surface area contributed by atoms with Crippen molar-refractivity contribution in [2.45, 2.75) is 13.8 Å². The van der Waals surface area contributed by atoms with E-state index in [4.69, 9.17) is 47.6 Å². The van der Waals surface area contributed by atoms with Crippen molar-refractivity contribution in [3.05, 3.63) is 0 Å². The molecule has 0 saturated heterocycles. The first-order valence-corrected chi connectivity index (χ1v) is 7.70. The Kier molecular flexibility index (Phi) is 38.0. The number of hydrogen-bond acceptors (Lipinski definition) is 10. The number of ketones is 1. The molecule has 1 radical (unpaired) electrons. The Morgan fingerprint density at radius 3 is 0.950 bits per heavy atom. The van der Waals surface area contributed by atoms with E-state index >= 15 is 0 Å². The zero-order valence-corrected chi connectivity index (χ0v) is 16.4. The molecule has 20 heavy (non-hydrogen) atoms. The molecule has 0 rings (SSSR count). The van der Waals surface area contributed by atoms with Crippen LogP contribution >= 0.6 is 0 Å². The molecule has 0 unspecified atom stereocenters. The molecular formula is C3H8BrMnNaO12S2. The molecule has 0 aromatic heterocycles. The van der Waals surface area contributed by atoms with Crippen LogP contribution in [0.15, 0.2) is 0 Å². The van der Waals surface area contributed by atoms with E-state index in [0.717, 1.165) is 0 Å². The fourth-order valence-electron chi connectivity index (χ4n) is 0. The first kappa shape index (κ1) is 37.5. The van der Waals surface area contributed by atoms with Crippen molar-refractivity contribution in [2.75, 3.05) is 0 Å². The molecule has 0 saturated carbocycles.